The number of hydrogen-bond acceptors (Lipinski definition) is 2. The minimum atomic E-state index is -0.146. The van der Waals surface area contributed by atoms with Gasteiger partial charge in [0.2, 0.25) is 5.91 Å². The number of ether oxygens (including phenoxy) is 1. The lowest BCUT2D eigenvalue weighted by molar-refractivity contribution is -0.145. The van der Waals surface area contributed by atoms with Gasteiger partial charge in [-0.1, -0.05) is 41.5 Å². The molecule has 0 aromatic rings. The van der Waals surface area contributed by atoms with Gasteiger partial charge in [-0.2, -0.15) is 0 Å². The Morgan fingerprint density at radius 3 is 2.05 bits per heavy atom. The van der Waals surface area contributed by atoms with E-state index in [1.165, 1.54) is 0 Å². The van der Waals surface area contributed by atoms with Gasteiger partial charge in [0.1, 0.15) is 0 Å². The molecular weight excluding hydrogens is 250 g/mol. The van der Waals surface area contributed by atoms with Crippen molar-refractivity contribution in [2.75, 3.05) is 6.61 Å². The highest BCUT2D eigenvalue weighted by Gasteiger charge is 2.45. The van der Waals surface area contributed by atoms with Crippen molar-refractivity contribution >= 4 is 5.91 Å². The van der Waals surface area contributed by atoms with Crippen LogP contribution in [-0.4, -0.2) is 35.1 Å². The van der Waals surface area contributed by atoms with Crippen molar-refractivity contribution in [3.8, 4) is 0 Å². The second kappa shape index (κ2) is 6.46. The second-order valence-corrected chi connectivity index (χ2v) is 7.64. The largest absolute Gasteiger partial charge is 0.375 e. The third-order valence-electron chi connectivity index (χ3n) is 4.90. The molecule has 0 aromatic carbocycles. The fraction of sp³-hybridized carbons (Fsp3) is 0.941. The van der Waals surface area contributed by atoms with Gasteiger partial charge in [-0.3, -0.25) is 4.79 Å². The lowest BCUT2D eigenvalue weighted by Gasteiger charge is -2.49. The van der Waals surface area contributed by atoms with Gasteiger partial charge in [0.15, 0.2) is 0 Å². The van der Waals surface area contributed by atoms with Gasteiger partial charge in [-0.25, -0.2) is 0 Å². The highest BCUT2D eigenvalue weighted by atomic mass is 16.5. The van der Waals surface area contributed by atoms with Gasteiger partial charge < -0.3 is 9.64 Å². The van der Waals surface area contributed by atoms with Gasteiger partial charge in [-0.05, 0) is 31.6 Å². The van der Waals surface area contributed by atoms with Gasteiger partial charge in [0.25, 0.3) is 0 Å². The van der Waals surface area contributed by atoms with E-state index >= 15 is 0 Å². The molecule has 1 aliphatic rings. The van der Waals surface area contributed by atoms with E-state index in [0.29, 0.717) is 30.8 Å². The second-order valence-electron chi connectivity index (χ2n) is 7.64. The summed E-state index contributed by atoms with van der Waals surface area (Å²) >= 11 is 0. The standard InChI is InChI=1S/C17H33NO2/c1-11(2)15-16(12(3)4)20-10-9-14(19)18(15)17(7,8)13(5)6/h11-13,15-16H,9-10H2,1-8H3. The fourth-order valence-electron chi connectivity index (χ4n) is 3.06. The summed E-state index contributed by atoms with van der Waals surface area (Å²) in [5.41, 5.74) is -0.146. The van der Waals surface area contributed by atoms with Crippen molar-refractivity contribution in [3.05, 3.63) is 0 Å². The zero-order valence-electron chi connectivity index (χ0n) is 14.6. The monoisotopic (exact) mass is 283 g/mol. The summed E-state index contributed by atoms with van der Waals surface area (Å²) in [5.74, 6) is 1.46. The van der Waals surface area contributed by atoms with Crippen molar-refractivity contribution in [3.63, 3.8) is 0 Å². The van der Waals surface area contributed by atoms with Crippen molar-refractivity contribution in [1.29, 1.82) is 0 Å². The fourth-order valence-corrected chi connectivity index (χ4v) is 3.06. The van der Waals surface area contributed by atoms with Crippen LogP contribution in [0.2, 0.25) is 0 Å². The maximum atomic E-state index is 12.7. The summed E-state index contributed by atoms with van der Waals surface area (Å²) < 4.78 is 6.05. The normalized spacial score (nSPS) is 25.8. The van der Waals surface area contributed by atoms with Gasteiger partial charge >= 0.3 is 0 Å². The van der Waals surface area contributed by atoms with Crippen LogP contribution in [0.5, 0.6) is 0 Å². The molecule has 0 bridgehead atoms. The molecule has 1 saturated heterocycles. The summed E-state index contributed by atoms with van der Waals surface area (Å²) in [6.45, 7) is 18.1. The number of hydrogen-bond donors (Lipinski definition) is 0. The van der Waals surface area contributed by atoms with E-state index in [0.717, 1.165) is 0 Å². The molecule has 3 nitrogen and oxygen atoms in total. The van der Waals surface area contributed by atoms with E-state index < -0.39 is 0 Å². The van der Waals surface area contributed by atoms with E-state index in [1.807, 2.05) is 0 Å². The molecule has 2 atom stereocenters. The number of rotatable bonds is 4. The Morgan fingerprint density at radius 1 is 1.10 bits per heavy atom. The Bertz CT molecular complexity index is 334. The zero-order chi connectivity index (χ0) is 15.7. The van der Waals surface area contributed by atoms with E-state index in [9.17, 15) is 4.79 Å². The molecule has 0 aromatic heterocycles. The van der Waals surface area contributed by atoms with Crippen LogP contribution in [0.1, 0.15) is 61.8 Å². The number of carbonyl (C=O) groups excluding carboxylic acids is 1. The summed E-state index contributed by atoms with van der Waals surface area (Å²) in [6.07, 6.45) is 0.627. The molecule has 1 heterocycles. The van der Waals surface area contributed by atoms with Crippen LogP contribution >= 0.6 is 0 Å². The molecule has 0 radical (unpaired) electrons. The van der Waals surface area contributed by atoms with Crippen molar-refractivity contribution in [2.24, 2.45) is 17.8 Å². The molecule has 0 saturated carbocycles. The van der Waals surface area contributed by atoms with Crippen LogP contribution < -0.4 is 0 Å². The van der Waals surface area contributed by atoms with Crippen LogP contribution in [-0.2, 0) is 9.53 Å². The van der Waals surface area contributed by atoms with Crippen LogP contribution in [0.3, 0.4) is 0 Å². The molecule has 0 aliphatic carbocycles. The average Bonchev–Trinajstić information content (AvgIpc) is 2.47. The lowest BCUT2D eigenvalue weighted by atomic mass is 9.82. The average molecular weight is 283 g/mol. The summed E-state index contributed by atoms with van der Waals surface area (Å²) in [5, 5.41) is 0. The van der Waals surface area contributed by atoms with Gasteiger partial charge in [0.05, 0.1) is 25.2 Å². The van der Waals surface area contributed by atoms with E-state index in [2.05, 4.69) is 60.3 Å². The highest BCUT2D eigenvalue weighted by Crippen LogP contribution is 2.35. The molecule has 1 aliphatic heterocycles. The molecule has 20 heavy (non-hydrogen) atoms. The third-order valence-corrected chi connectivity index (χ3v) is 4.90. The molecule has 1 rings (SSSR count). The summed E-state index contributed by atoms with van der Waals surface area (Å²) in [7, 11) is 0. The smallest absolute Gasteiger partial charge is 0.225 e. The van der Waals surface area contributed by atoms with Crippen LogP contribution in [0.4, 0.5) is 0 Å². The molecule has 1 amide bonds. The van der Waals surface area contributed by atoms with E-state index in [4.69, 9.17) is 4.74 Å². The van der Waals surface area contributed by atoms with Crippen molar-refractivity contribution in [1.82, 2.24) is 4.90 Å². The number of carbonyl (C=O) groups is 1. The molecule has 2 unspecified atom stereocenters. The zero-order valence-corrected chi connectivity index (χ0v) is 14.6. The Hall–Kier alpha value is -0.570. The molecule has 118 valence electrons. The molecule has 0 N–H and O–H groups in total. The summed E-state index contributed by atoms with van der Waals surface area (Å²) in [4.78, 5) is 14.8. The first-order valence-corrected chi connectivity index (χ1v) is 8.04. The molecule has 3 heteroatoms. The SMILES string of the molecule is CC(C)C1OCCC(=O)N(C(C)(C)C(C)C)C1C(C)C. The Morgan fingerprint density at radius 2 is 1.65 bits per heavy atom. The first-order chi connectivity index (χ1) is 9.10. The Balaban J connectivity index is 3.27. The van der Waals surface area contributed by atoms with Crippen molar-refractivity contribution < 1.29 is 9.53 Å². The molecule has 1 fully saturated rings. The van der Waals surface area contributed by atoms with E-state index in [-0.39, 0.29) is 23.6 Å². The quantitative estimate of drug-likeness (QED) is 0.787. The number of nitrogens with zero attached hydrogens (tertiary/aromatic N) is 1. The van der Waals surface area contributed by atoms with Crippen LogP contribution in [0.15, 0.2) is 0 Å². The third kappa shape index (κ3) is 3.36. The van der Waals surface area contributed by atoms with E-state index in [1.54, 1.807) is 0 Å². The van der Waals surface area contributed by atoms with Crippen molar-refractivity contribution in [2.45, 2.75) is 79.5 Å². The summed E-state index contributed by atoms with van der Waals surface area (Å²) in [6, 6.07) is 0.155. The first-order valence-electron chi connectivity index (χ1n) is 8.04. The number of amides is 1. The minimum Gasteiger partial charge on any atom is -0.375 e. The van der Waals surface area contributed by atoms with Gasteiger partial charge in [-0.15, -0.1) is 0 Å². The maximum Gasteiger partial charge on any atom is 0.225 e. The highest BCUT2D eigenvalue weighted by molar-refractivity contribution is 5.78. The lowest BCUT2D eigenvalue weighted by Crippen LogP contribution is -2.60. The van der Waals surface area contributed by atoms with Crippen LogP contribution in [0.25, 0.3) is 0 Å². The Labute approximate surface area is 125 Å². The van der Waals surface area contributed by atoms with Crippen LogP contribution in [0, 0.1) is 17.8 Å². The minimum absolute atomic E-state index is 0.125. The maximum absolute atomic E-state index is 12.7. The topological polar surface area (TPSA) is 29.5 Å². The van der Waals surface area contributed by atoms with Gasteiger partial charge in [0, 0.05) is 5.54 Å². The predicted molar refractivity (Wildman–Crippen MR) is 83.6 cm³/mol. The Kier molecular flexibility index (Phi) is 5.65. The molecular formula is C17H33NO2. The predicted octanol–water partition coefficient (Wildman–Crippen LogP) is 3.72. The molecule has 0 spiro atoms. The first kappa shape index (κ1) is 17.5.